The summed E-state index contributed by atoms with van der Waals surface area (Å²) in [6.07, 6.45) is 7.02. The molecular weight excluding hydrogens is 316 g/mol. The van der Waals surface area contributed by atoms with E-state index in [1.54, 1.807) is 41.5 Å². The molecule has 136 valence electrons. The summed E-state index contributed by atoms with van der Waals surface area (Å²) in [6.45, 7) is 10.6. The number of carbonyl (C=O) groups is 1. The Kier molecular flexibility index (Phi) is 9.42. The van der Waals surface area contributed by atoms with E-state index in [2.05, 4.69) is 11.8 Å². The van der Waals surface area contributed by atoms with Gasteiger partial charge in [0.1, 0.15) is 0 Å². The molecule has 0 amide bonds. The summed E-state index contributed by atoms with van der Waals surface area (Å²) in [4.78, 5) is 31.9. The monoisotopic (exact) mass is 342 g/mol. The van der Waals surface area contributed by atoms with Gasteiger partial charge in [-0.05, 0) is 41.5 Å². The van der Waals surface area contributed by atoms with Crippen LogP contribution in [-0.4, -0.2) is 29.9 Å². The second kappa shape index (κ2) is 10.2. The molecule has 0 heterocycles. The Morgan fingerprint density at radius 1 is 0.833 bits per heavy atom. The van der Waals surface area contributed by atoms with E-state index < -0.39 is 29.9 Å². The zero-order valence-corrected chi connectivity index (χ0v) is 15.1. The van der Waals surface area contributed by atoms with Gasteiger partial charge >= 0.3 is 6.16 Å². The van der Waals surface area contributed by atoms with E-state index in [0.717, 1.165) is 0 Å². The Bertz CT molecular complexity index is 417. The maximum absolute atomic E-state index is 11.8. The van der Waals surface area contributed by atoms with Gasteiger partial charge in [0.05, 0.1) is 24.0 Å². The highest BCUT2D eigenvalue weighted by atomic mass is 17.2. The van der Waals surface area contributed by atoms with Crippen LogP contribution in [0.1, 0.15) is 54.4 Å². The van der Waals surface area contributed by atoms with Gasteiger partial charge in [-0.25, -0.2) is 14.6 Å². The Hall–Kier alpha value is -1.77. The van der Waals surface area contributed by atoms with E-state index in [-0.39, 0.29) is 12.8 Å². The lowest BCUT2D eigenvalue weighted by molar-refractivity contribution is -0.419. The van der Waals surface area contributed by atoms with Crippen LogP contribution in [0.5, 0.6) is 0 Å². The van der Waals surface area contributed by atoms with Crippen molar-refractivity contribution in [2.45, 2.75) is 78.2 Å². The number of hydrogen-bond donors (Lipinski definition) is 0. The molecule has 0 aromatic carbocycles. The molecule has 0 aliphatic rings. The van der Waals surface area contributed by atoms with Crippen molar-refractivity contribution in [2.24, 2.45) is 0 Å². The number of carbonyl (C=O) groups excluding carboxylic acids is 1. The highest BCUT2D eigenvalue weighted by molar-refractivity contribution is 5.60. The summed E-state index contributed by atoms with van der Waals surface area (Å²) in [7, 11) is 0. The molecular formula is C17H26O7. The molecule has 0 aliphatic carbocycles. The van der Waals surface area contributed by atoms with Gasteiger partial charge in [-0.2, -0.15) is 9.78 Å². The first-order chi connectivity index (χ1) is 11.0. The van der Waals surface area contributed by atoms with Crippen molar-refractivity contribution >= 4 is 6.16 Å². The van der Waals surface area contributed by atoms with Crippen LogP contribution in [0, 0.1) is 24.7 Å². The fourth-order valence-electron chi connectivity index (χ4n) is 1.02. The van der Waals surface area contributed by atoms with E-state index in [9.17, 15) is 4.79 Å². The maximum atomic E-state index is 11.8. The Morgan fingerprint density at radius 3 is 1.42 bits per heavy atom. The smallest absolute Gasteiger partial charge is 0.400 e. The van der Waals surface area contributed by atoms with Gasteiger partial charge in [-0.3, -0.25) is 0 Å². The Morgan fingerprint density at radius 2 is 1.17 bits per heavy atom. The molecule has 0 radical (unpaired) electrons. The number of ether oxygens (including phenoxy) is 2. The quantitative estimate of drug-likeness (QED) is 0.220. The molecule has 0 rings (SSSR count). The molecule has 0 N–H and O–H groups in total. The van der Waals surface area contributed by atoms with E-state index in [0.29, 0.717) is 0 Å². The van der Waals surface area contributed by atoms with Gasteiger partial charge in [-0.15, -0.1) is 24.7 Å². The van der Waals surface area contributed by atoms with E-state index in [1.807, 2.05) is 0 Å². The van der Waals surface area contributed by atoms with Crippen LogP contribution >= 0.6 is 0 Å². The zero-order chi connectivity index (χ0) is 18.8. The van der Waals surface area contributed by atoms with Crippen LogP contribution in [0.25, 0.3) is 0 Å². The predicted molar refractivity (Wildman–Crippen MR) is 85.9 cm³/mol. The lowest BCUT2D eigenvalue weighted by Gasteiger charge is -2.24. The minimum Gasteiger partial charge on any atom is -0.400 e. The molecule has 0 bridgehead atoms. The van der Waals surface area contributed by atoms with Crippen molar-refractivity contribution in [1.82, 2.24) is 0 Å². The van der Waals surface area contributed by atoms with Crippen LogP contribution < -0.4 is 0 Å². The first kappa shape index (κ1) is 22.2. The second-order valence-electron chi connectivity index (χ2n) is 6.75. The van der Waals surface area contributed by atoms with Crippen LogP contribution in [0.3, 0.4) is 0 Å². The third kappa shape index (κ3) is 12.7. The van der Waals surface area contributed by atoms with Gasteiger partial charge in [-0.1, -0.05) is 0 Å². The summed E-state index contributed by atoms with van der Waals surface area (Å²) in [5, 5.41) is 0. The molecule has 0 fully saturated rings. The highest BCUT2D eigenvalue weighted by Crippen LogP contribution is 2.15. The summed E-state index contributed by atoms with van der Waals surface area (Å²) in [6, 6.07) is 0. The lowest BCUT2D eigenvalue weighted by atomic mass is 10.2. The van der Waals surface area contributed by atoms with Gasteiger partial charge < -0.3 is 9.47 Å². The molecule has 0 aromatic rings. The van der Waals surface area contributed by atoms with Crippen molar-refractivity contribution in [1.29, 1.82) is 0 Å². The Labute approximate surface area is 143 Å². The molecule has 0 saturated carbocycles. The van der Waals surface area contributed by atoms with E-state index >= 15 is 0 Å². The molecule has 0 saturated heterocycles. The van der Waals surface area contributed by atoms with Crippen LogP contribution in [0.4, 0.5) is 4.79 Å². The topological polar surface area (TPSA) is 72.5 Å². The predicted octanol–water partition coefficient (Wildman–Crippen LogP) is 3.33. The molecule has 2 unspecified atom stereocenters. The number of terminal acetylenes is 2. The van der Waals surface area contributed by atoms with Crippen molar-refractivity contribution in [3.63, 3.8) is 0 Å². The van der Waals surface area contributed by atoms with Crippen molar-refractivity contribution in [2.75, 3.05) is 0 Å². The van der Waals surface area contributed by atoms with Gasteiger partial charge in [0.2, 0.25) is 12.6 Å². The third-order valence-electron chi connectivity index (χ3n) is 1.84. The van der Waals surface area contributed by atoms with Crippen LogP contribution in [-0.2, 0) is 29.0 Å². The molecule has 24 heavy (non-hydrogen) atoms. The van der Waals surface area contributed by atoms with Crippen molar-refractivity contribution in [3.8, 4) is 24.7 Å². The van der Waals surface area contributed by atoms with Gasteiger partial charge in [0.15, 0.2) is 0 Å². The molecule has 0 spiro atoms. The average Bonchev–Trinajstić information content (AvgIpc) is 2.41. The summed E-state index contributed by atoms with van der Waals surface area (Å²) in [5.74, 6) is 4.61. The van der Waals surface area contributed by atoms with Crippen LogP contribution in [0.2, 0.25) is 0 Å². The zero-order valence-electron chi connectivity index (χ0n) is 15.1. The largest absolute Gasteiger partial charge is 0.513 e. The minimum absolute atomic E-state index is 0.0235. The van der Waals surface area contributed by atoms with Crippen molar-refractivity contribution in [3.05, 3.63) is 0 Å². The number of rotatable bonds is 8. The fourth-order valence-corrected chi connectivity index (χ4v) is 1.02. The summed E-state index contributed by atoms with van der Waals surface area (Å²) < 4.78 is 9.88. The van der Waals surface area contributed by atoms with Crippen LogP contribution in [0.15, 0.2) is 0 Å². The standard InChI is InChI=1S/C17H26O7/c1-9-11-13(21-23-16(3,4)5)19-15(18)20-14(12-10-2)22-24-17(6,7)8/h1-2,13-14H,11-12H2,3-8H3. The molecule has 2 atom stereocenters. The summed E-state index contributed by atoms with van der Waals surface area (Å²) >= 11 is 0. The van der Waals surface area contributed by atoms with Crippen molar-refractivity contribution < 1.29 is 33.8 Å². The molecule has 0 aromatic heterocycles. The first-order valence-electron chi connectivity index (χ1n) is 7.40. The summed E-state index contributed by atoms with van der Waals surface area (Å²) in [5.41, 5.74) is -1.20. The van der Waals surface area contributed by atoms with E-state index in [1.165, 1.54) is 0 Å². The van der Waals surface area contributed by atoms with Gasteiger partial charge in [0, 0.05) is 0 Å². The highest BCUT2D eigenvalue weighted by Gasteiger charge is 2.24. The second-order valence-corrected chi connectivity index (χ2v) is 6.75. The molecule has 7 nitrogen and oxygen atoms in total. The van der Waals surface area contributed by atoms with E-state index in [4.69, 9.17) is 41.9 Å². The molecule has 0 aliphatic heterocycles. The van der Waals surface area contributed by atoms with Gasteiger partial charge in [0.25, 0.3) is 0 Å². The maximum Gasteiger partial charge on any atom is 0.513 e. The fraction of sp³-hybridized carbons (Fsp3) is 0.706. The molecule has 7 heteroatoms. The third-order valence-corrected chi connectivity index (χ3v) is 1.84. The minimum atomic E-state index is -1.13. The SMILES string of the molecule is C#CCC(OOC(C)(C)C)OC(=O)OC(CC#C)OOC(C)(C)C. The normalized spacial score (nSPS) is 14.2. The Balaban J connectivity index is 4.55. The number of hydrogen-bond acceptors (Lipinski definition) is 7. The lowest BCUT2D eigenvalue weighted by Crippen LogP contribution is -2.31. The average molecular weight is 342 g/mol. The first-order valence-corrected chi connectivity index (χ1v) is 7.40.